The highest BCUT2D eigenvalue weighted by molar-refractivity contribution is 9.10. The van der Waals surface area contributed by atoms with Gasteiger partial charge in [-0.1, -0.05) is 29.8 Å². The molecule has 196 valence electrons. The number of carbonyl (C=O) groups is 3. The Kier molecular flexibility index (Phi) is 8.98. The van der Waals surface area contributed by atoms with Gasteiger partial charge in [-0.3, -0.25) is 19.3 Å². The normalized spacial score (nSPS) is 14.1. The van der Waals surface area contributed by atoms with Crippen LogP contribution in [-0.4, -0.2) is 42.7 Å². The summed E-state index contributed by atoms with van der Waals surface area (Å²) in [4.78, 5) is 39.0. The summed E-state index contributed by atoms with van der Waals surface area (Å²) in [5, 5.41) is 2.73. The lowest BCUT2D eigenvalue weighted by Gasteiger charge is -2.14. The number of nitrogens with one attached hydrogen (secondary N) is 1. The maximum absolute atomic E-state index is 12.9. The quantitative estimate of drug-likeness (QED) is 0.279. The van der Waals surface area contributed by atoms with Gasteiger partial charge in [0.25, 0.3) is 11.1 Å². The number of thioether (sulfide) groups is 1. The summed E-state index contributed by atoms with van der Waals surface area (Å²) in [6.07, 6.45) is 1.57. The van der Waals surface area contributed by atoms with Gasteiger partial charge in [-0.05, 0) is 81.8 Å². The van der Waals surface area contributed by atoms with E-state index in [1.807, 2.05) is 18.2 Å². The molecule has 38 heavy (non-hydrogen) atoms. The predicted molar refractivity (Wildman–Crippen MR) is 151 cm³/mol. The molecule has 0 spiro atoms. The molecule has 8 nitrogen and oxygen atoms in total. The van der Waals surface area contributed by atoms with Crippen LogP contribution in [0.1, 0.15) is 11.1 Å². The molecule has 0 bridgehead atoms. The van der Waals surface area contributed by atoms with Gasteiger partial charge in [0.15, 0.2) is 11.5 Å². The predicted octanol–water partition coefficient (Wildman–Crippen LogP) is 6.37. The third-order valence-electron chi connectivity index (χ3n) is 5.43. The fourth-order valence-corrected chi connectivity index (χ4v) is 5.14. The van der Waals surface area contributed by atoms with Crippen molar-refractivity contribution in [1.82, 2.24) is 4.90 Å². The second-order valence-corrected chi connectivity index (χ2v) is 10.2. The minimum Gasteiger partial charge on any atom is -0.497 e. The van der Waals surface area contributed by atoms with Crippen LogP contribution in [0.4, 0.5) is 10.5 Å². The monoisotopic (exact) mass is 616 g/mol. The molecule has 0 aromatic heterocycles. The number of ether oxygens (including phenoxy) is 3. The zero-order valence-electron chi connectivity index (χ0n) is 20.3. The van der Waals surface area contributed by atoms with E-state index in [4.69, 9.17) is 25.8 Å². The van der Waals surface area contributed by atoms with Gasteiger partial charge in [0.05, 0.1) is 23.6 Å². The van der Waals surface area contributed by atoms with E-state index in [9.17, 15) is 14.4 Å². The number of carbonyl (C=O) groups excluding carboxylic acids is 3. The fourth-order valence-electron chi connectivity index (χ4n) is 3.53. The van der Waals surface area contributed by atoms with Crippen molar-refractivity contribution < 1.29 is 28.6 Å². The number of imide groups is 1. The maximum Gasteiger partial charge on any atom is 0.294 e. The highest BCUT2D eigenvalue weighted by Crippen LogP contribution is 2.39. The van der Waals surface area contributed by atoms with Crippen LogP contribution in [0.25, 0.3) is 6.08 Å². The van der Waals surface area contributed by atoms with Crippen molar-refractivity contribution in [3.8, 4) is 17.2 Å². The Balaban J connectivity index is 1.46. The van der Waals surface area contributed by atoms with Gasteiger partial charge in [-0.2, -0.15) is 0 Å². The van der Waals surface area contributed by atoms with E-state index in [0.29, 0.717) is 38.0 Å². The summed E-state index contributed by atoms with van der Waals surface area (Å²) < 4.78 is 17.1. The molecule has 4 rings (SSSR count). The van der Waals surface area contributed by atoms with Crippen LogP contribution >= 0.6 is 39.3 Å². The molecule has 3 amide bonds. The van der Waals surface area contributed by atoms with Crippen molar-refractivity contribution in [2.45, 2.75) is 6.61 Å². The molecule has 0 aliphatic carbocycles. The number of methoxy groups -OCH3 is 2. The Labute approximate surface area is 237 Å². The van der Waals surface area contributed by atoms with Gasteiger partial charge in [0.1, 0.15) is 18.9 Å². The summed E-state index contributed by atoms with van der Waals surface area (Å²) >= 11 is 10.5. The summed E-state index contributed by atoms with van der Waals surface area (Å²) in [5.41, 5.74) is 1.94. The van der Waals surface area contributed by atoms with Crippen LogP contribution in [-0.2, 0) is 16.2 Å². The van der Waals surface area contributed by atoms with Crippen molar-refractivity contribution in [3.63, 3.8) is 0 Å². The first-order valence-corrected chi connectivity index (χ1v) is 13.2. The lowest BCUT2D eigenvalue weighted by Crippen LogP contribution is -2.36. The minimum absolute atomic E-state index is 0.186. The Morgan fingerprint density at radius 2 is 1.82 bits per heavy atom. The number of amides is 3. The van der Waals surface area contributed by atoms with Crippen LogP contribution in [0.3, 0.4) is 0 Å². The van der Waals surface area contributed by atoms with Gasteiger partial charge in [0, 0.05) is 16.3 Å². The largest absolute Gasteiger partial charge is 0.497 e. The van der Waals surface area contributed by atoms with Crippen LogP contribution in [0.5, 0.6) is 17.2 Å². The third-order valence-corrected chi connectivity index (χ3v) is 7.29. The number of nitrogens with zero attached hydrogens (tertiary/aromatic N) is 1. The van der Waals surface area contributed by atoms with E-state index >= 15 is 0 Å². The SMILES string of the molecule is COc1ccc(NC(=O)CN2C(=O)S/C(=C/c3cc(Br)c(OCc4ccccc4Cl)c(OC)c3)C2=O)cc1. The molecule has 1 fully saturated rings. The third kappa shape index (κ3) is 6.50. The zero-order valence-corrected chi connectivity index (χ0v) is 23.5. The molecule has 0 unspecified atom stereocenters. The van der Waals surface area contributed by atoms with E-state index in [0.717, 1.165) is 22.2 Å². The average molecular weight is 618 g/mol. The molecule has 1 N–H and O–H groups in total. The molecule has 0 radical (unpaired) electrons. The van der Waals surface area contributed by atoms with Crippen molar-refractivity contribution in [3.05, 3.63) is 86.2 Å². The number of anilines is 1. The molecule has 1 aliphatic rings. The Morgan fingerprint density at radius 1 is 1.08 bits per heavy atom. The second-order valence-electron chi connectivity index (χ2n) is 7.96. The first-order valence-electron chi connectivity index (χ1n) is 11.2. The smallest absolute Gasteiger partial charge is 0.294 e. The van der Waals surface area contributed by atoms with E-state index in [1.165, 1.54) is 7.11 Å². The lowest BCUT2D eigenvalue weighted by atomic mass is 10.1. The van der Waals surface area contributed by atoms with Gasteiger partial charge in [0.2, 0.25) is 5.91 Å². The van der Waals surface area contributed by atoms with Gasteiger partial charge in [-0.25, -0.2) is 0 Å². The summed E-state index contributed by atoms with van der Waals surface area (Å²) in [7, 11) is 3.05. The standard InChI is InChI=1S/C27H22BrClN2O6S/c1-35-19-9-7-18(8-10-19)30-24(32)14-31-26(33)23(38-27(31)34)13-16-11-20(28)25(22(12-16)36-2)37-15-17-5-3-4-6-21(17)29/h3-13H,14-15H2,1-2H3,(H,30,32)/b23-13+. The molecule has 1 saturated heterocycles. The highest BCUT2D eigenvalue weighted by Gasteiger charge is 2.36. The highest BCUT2D eigenvalue weighted by atomic mass is 79.9. The van der Waals surface area contributed by atoms with E-state index in [-0.39, 0.29) is 11.5 Å². The summed E-state index contributed by atoms with van der Waals surface area (Å²) in [5.74, 6) is 0.480. The first kappa shape index (κ1) is 27.6. The topological polar surface area (TPSA) is 94.2 Å². The Morgan fingerprint density at radius 3 is 2.50 bits per heavy atom. The molecule has 3 aromatic carbocycles. The lowest BCUT2D eigenvalue weighted by molar-refractivity contribution is -0.127. The van der Waals surface area contributed by atoms with E-state index in [2.05, 4.69) is 21.2 Å². The molecule has 0 saturated carbocycles. The van der Waals surface area contributed by atoms with Crippen LogP contribution in [0.2, 0.25) is 5.02 Å². The number of benzene rings is 3. The first-order chi connectivity index (χ1) is 18.3. The summed E-state index contributed by atoms with van der Waals surface area (Å²) in [6, 6.07) is 17.5. The van der Waals surface area contributed by atoms with Crippen LogP contribution in [0, 0.1) is 0 Å². The van der Waals surface area contributed by atoms with Gasteiger partial charge in [-0.15, -0.1) is 0 Å². The Bertz CT molecular complexity index is 1410. The average Bonchev–Trinajstić information content (AvgIpc) is 3.16. The number of hydrogen-bond acceptors (Lipinski definition) is 7. The minimum atomic E-state index is -0.556. The molecule has 1 heterocycles. The van der Waals surface area contributed by atoms with Crippen LogP contribution < -0.4 is 19.5 Å². The molecular weight excluding hydrogens is 596 g/mol. The Hall–Kier alpha value is -3.47. The fraction of sp³-hybridized carbons (Fsp3) is 0.148. The van der Waals surface area contributed by atoms with Crippen LogP contribution in [0.15, 0.2) is 70.0 Å². The van der Waals surface area contributed by atoms with Gasteiger partial charge < -0.3 is 19.5 Å². The van der Waals surface area contributed by atoms with Crippen molar-refractivity contribution in [2.24, 2.45) is 0 Å². The zero-order chi connectivity index (χ0) is 27.2. The van der Waals surface area contributed by atoms with Crippen molar-refractivity contribution in [1.29, 1.82) is 0 Å². The van der Waals surface area contributed by atoms with E-state index in [1.54, 1.807) is 55.7 Å². The molecule has 1 aliphatic heterocycles. The van der Waals surface area contributed by atoms with Gasteiger partial charge >= 0.3 is 0 Å². The van der Waals surface area contributed by atoms with Crippen molar-refractivity contribution in [2.75, 3.05) is 26.1 Å². The van der Waals surface area contributed by atoms with Crippen molar-refractivity contribution >= 4 is 68.1 Å². The molecule has 3 aromatic rings. The number of halogens is 2. The number of rotatable bonds is 9. The molecule has 11 heteroatoms. The summed E-state index contributed by atoms with van der Waals surface area (Å²) in [6.45, 7) is -0.179. The molecule has 0 atom stereocenters. The molecular formula is C27H22BrClN2O6S. The van der Waals surface area contributed by atoms with E-state index < -0.39 is 23.6 Å². The second kappa shape index (κ2) is 12.4. The maximum atomic E-state index is 12.9. The number of hydrogen-bond donors (Lipinski definition) is 1.